The molecule has 5 aromatic rings. The third-order valence-corrected chi connectivity index (χ3v) is 16.8. The number of likely N-dealkylation sites (N-methyl/N-ethyl adjacent to an activating group) is 2. The van der Waals surface area contributed by atoms with Crippen LogP contribution in [-0.2, 0) is 51.2 Å². The lowest BCUT2D eigenvalue weighted by molar-refractivity contribution is -0.147. The van der Waals surface area contributed by atoms with Crippen molar-refractivity contribution in [2.75, 3.05) is 40.3 Å². The highest BCUT2D eigenvalue weighted by Gasteiger charge is 2.48. The second-order valence-electron chi connectivity index (χ2n) is 22.1. The summed E-state index contributed by atoms with van der Waals surface area (Å²) < 4.78 is 0. The van der Waals surface area contributed by atoms with Crippen LogP contribution in [-0.4, -0.2) is 155 Å². The van der Waals surface area contributed by atoms with E-state index in [2.05, 4.69) is 31.9 Å². The lowest BCUT2D eigenvalue weighted by Crippen LogP contribution is -2.62. The summed E-state index contributed by atoms with van der Waals surface area (Å²) in [6.07, 6.45) is 2.80. The average Bonchev–Trinajstić information content (AvgIpc) is 4.22. The predicted octanol–water partition coefficient (Wildman–Crippen LogP) is 3.95. The van der Waals surface area contributed by atoms with E-state index in [1.54, 1.807) is 71.8 Å². The van der Waals surface area contributed by atoms with E-state index in [9.17, 15) is 38.4 Å². The number of hydrogen-bond acceptors (Lipinski definition) is 10. The van der Waals surface area contributed by atoms with Crippen molar-refractivity contribution in [3.8, 4) is 0 Å². The second-order valence-corrected chi connectivity index (χ2v) is 22.1. The zero-order valence-electron chi connectivity index (χ0n) is 47.2. The van der Waals surface area contributed by atoms with E-state index in [4.69, 9.17) is 0 Å². The third-order valence-electron chi connectivity index (χ3n) is 16.8. The van der Waals surface area contributed by atoms with Crippen molar-refractivity contribution in [1.82, 2.24) is 51.5 Å². The van der Waals surface area contributed by atoms with Crippen LogP contribution in [0.1, 0.15) is 97.8 Å². The molecule has 430 valence electrons. The first-order valence-corrected chi connectivity index (χ1v) is 28.7. The summed E-state index contributed by atoms with van der Waals surface area (Å²) in [6, 6.07) is 39.2. The highest BCUT2D eigenvalue weighted by Crippen LogP contribution is 2.33. The minimum Gasteiger partial charge on any atom is -0.343 e. The van der Waals surface area contributed by atoms with Crippen molar-refractivity contribution in [3.05, 3.63) is 179 Å². The molecule has 4 heterocycles. The topological polar surface area (TPSA) is 222 Å². The van der Waals surface area contributed by atoms with Gasteiger partial charge in [-0.05, 0) is 99.8 Å². The van der Waals surface area contributed by atoms with Gasteiger partial charge in [-0.15, -0.1) is 0 Å². The van der Waals surface area contributed by atoms with Crippen molar-refractivity contribution >= 4 is 47.3 Å². The van der Waals surface area contributed by atoms with E-state index in [1.165, 1.54) is 0 Å². The number of benzene rings is 5. The maximum Gasteiger partial charge on any atom is 0.247 e. The maximum atomic E-state index is 14.8. The number of fused-ring (bicyclic) bond motifs is 2. The smallest absolute Gasteiger partial charge is 0.247 e. The number of hydrogen-bond donors (Lipinski definition) is 6. The van der Waals surface area contributed by atoms with E-state index < -0.39 is 72.0 Å². The van der Waals surface area contributed by atoms with Crippen LogP contribution in [0.4, 0.5) is 0 Å². The van der Waals surface area contributed by atoms with Gasteiger partial charge in [-0.1, -0.05) is 146 Å². The van der Waals surface area contributed by atoms with Gasteiger partial charge in [0.05, 0.1) is 37.0 Å². The first-order valence-electron chi connectivity index (χ1n) is 28.7. The minimum absolute atomic E-state index is 0.00744. The van der Waals surface area contributed by atoms with Crippen LogP contribution in [0.15, 0.2) is 146 Å². The molecule has 4 aliphatic heterocycles. The van der Waals surface area contributed by atoms with Crippen LogP contribution in [0.3, 0.4) is 0 Å². The molecular formula is C64H76N10O8. The fourth-order valence-corrected chi connectivity index (χ4v) is 11.9. The van der Waals surface area contributed by atoms with Crippen LogP contribution in [0.5, 0.6) is 0 Å². The number of nitrogens with zero attached hydrogens (tertiary/aromatic N) is 4. The van der Waals surface area contributed by atoms with Crippen molar-refractivity contribution in [2.45, 2.75) is 126 Å². The molecule has 8 atom stereocenters. The lowest BCUT2D eigenvalue weighted by Gasteiger charge is -2.39. The third kappa shape index (κ3) is 13.7. The molecule has 0 bridgehead atoms. The summed E-state index contributed by atoms with van der Waals surface area (Å²) in [4.78, 5) is 120. The van der Waals surface area contributed by atoms with E-state index in [1.807, 2.05) is 121 Å². The van der Waals surface area contributed by atoms with Crippen molar-refractivity contribution in [1.29, 1.82) is 0 Å². The van der Waals surface area contributed by atoms with Gasteiger partial charge in [0.2, 0.25) is 47.3 Å². The Kier molecular flexibility index (Phi) is 19.3. The molecule has 4 saturated heterocycles. The van der Waals surface area contributed by atoms with Crippen molar-refractivity contribution in [3.63, 3.8) is 0 Å². The predicted molar refractivity (Wildman–Crippen MR) is 310 cm³/mol. The van der Waals surface area contributed by atoms with Crippen LogP contribution in [0, 0.1) is 0 Å². The van der Waals surface area contributed by atoms with Crippen molar-refractivity contribution < 1.29 is 38.4 Å². The Balaban J connectivity index is 0.855. The Hall–Kier alpha value is -8.22. The fraction of sp³-hybridized carbons (Fsp3) is 0.406. The van der Waals surface area contributed by atoms with Gasteiger partial charge in [-0.3, -0.25) is 38.4 Å². The Morgan fingerprint density at radius 1 is 0.451 bits per heavy atom. The maximum absolute atomic E-state index is 14.8. The van der Waals surface area contributed by atoms with Crippen LogP contribution in [0.25, 0.3) is 0 Å². The summed E-state index contributed by atoms with van der Waals surface area (Å²) in [5.74, 6) is -2.75. The van der Waals surface area contributed by atoms with E-state index in [-0.39, 0.29) is 61.6 Å². The van der Waals surface area contributed by atoms with Crippen LogP contribution < -0.4 is 31.9 Å². The molecule has 9 rings (SSSR count). The normalized spacial score (nSPS) is 21.7. The molecule has 0 aromatic heterocycles. The molecule has 0 aliphatic carbocycles. The highest BCUT2D eigenvalue weighted by molar-refractivity contribution is 5.96. The van der Waals surface area contributed by atoms with Gasteiger partial charge >= 0.3 is 0 Å². The van der Waals surface area contributed by atoms with Gasteiger partial charge < -0.3 is 51.5 Å². The molecule has 18 heteroatoms. The van der Waals surface area contributed by atoms with E-state index >= 15 is 0 Å². The monoisotopic (exact) mass is 1110 g/mol. The second kappa shape index (κ2) is 27.0. The van der Waals surface area contributed by atoms with Gasteiger partial charge in [-0.25, -0.2) is 0 Å². The summed E-state index contributed by atoms with van der Waals surface area (Å²) in [5, 5.41) is 18.1. The zero-order chi connectivity index (χ0) is 57.9. The number of rotatable bonds is 18. The van der Waals surface area contributed by atoms with Gasteiger partial charge in [0, 0.05) is 38.3 Å². The molecular weight excluding hydrogens is 1040 g/mol. The standard InChI is InChI=1S/C64H76N10O8/c1-41(65-3)59(77)67-51-39-71(35-33-49-29-31-53(73(49)63(51)81)61(79)69-57(45-17-9-5-10-18-45)46-19-11-6-12-20-46)55(75)37-43-25-27-44(28-26-43)38-56(76)72-36-34-50-30-32-54(74(50)64(82)52(40-72)68-60(78)42(2)66-4)62(80)70-58(47-21-13-7-14-22-47)48-23-15-8-16-24-48/h5-28,41-42,49-54,57-58,65-66H,29-40H2,1-4H3,(H,67,77)(H,68,78)(H,69,79)(H,70,80)/t41-,42-,49+,50+,51-,52-,53-,54?/m0/s1. The minimum atomic E-state index is -1.12. The quantitative estimate of drug-likeness (QED) is 0.0742. The SMILES string of the molecule is CN[C@@H](C)C(=O)N[C@H]1CN(C(=O)Cc2ccc(CC(=O)N3CC[C@H]4CC[C@@H](C(=O)NC(c5ccccc5)c5ccccc5)N4C(=O)[C@@H](NC(=O)[C@H](C)NC)C3)cc2)CC[C@H]2CCC(C(=O)NC(c3ccccc3)c3ccccc3)N2C1=O. The number of nitrogens with one attached hydrogen (secondary N) is 6. The summed E-state index contributed by atoms with van der Waals surface area (Å²) in [5.41, 5.74) is 4.96. The largest absolute Gasteiger partial charge is 0.343 e. The van der Waals surface area contributed by atoms with Gasteiger partial charge in [0.15, 0.2) is 0 Å². The number of carbonyl (C=O) groups excluding carboxylic acids is 8. The number of carbonyl (C=O) groups is 8. The molecule has 6 N–H and O–H groups in total. The first-order chi connectivity index (χ1) is 39.7. The molecule has 18 nitrogen and oxygen atoms in total. The molecule has 5 aromatic carbocycles. The molecule has 8 amide bonds. The van der Waals surface area contributed by atoms with Crippen LogP contribution >= 0.6 is 0 Å². The molecule has 4 aliphatic rings. The molecule has 1 unspecified atom stereocenters. The Labute approximate surface area is 480 Å². The molecule has 0 radical (unpaired) electrons. The lowest BCUT2D eigenvalue weighted by atomic mass is 9.98. The van der Waals surface area contributed by atoms with Gasteiger partial charge in [0.1, 0.15) is 24.2 Å². The Morgan fingerprint density at radius 2 is 0.768 bits per heavy atom. The fourth-order valence-electron chi connectivity index (χ4n) is 11.9. The van der Waals surface area contributed by atoms with Crippen LogP contribution in [0.2, 0.25) is 0 Å². The Bertz CT molecular complexity index is 2760. The zero-order valence-corrected chi connectivity index (χ0v) is 47.2. The summed E-state index contributed by atoms with van der Waals surface area (Å²) in [7, 11) is 3.29. The molecule has 82 heavy (non-hydrogen) atoms. The molecule has 0 spiro atoms. The van der Waals surface area contributed by atoms with E-state index in [0.717, 1.165) is 22.3 Å². The number of amides is 8. The van der Waals surface area contributed by atoms with Crippen molar-refractivity contribution in [2.24, 2.45) is 0 Å². The van der Waals surface area contributed by atoms with E-state index in [0.29, 0.717) is 62.7 Å². The molecule has 0 saturated carbocycles. The highest BCUT2D eigenvalue weighted by atomic mass is 16.2. The van der Waals surface area contributed by atoms with Gasteiger partial charge in [0.25, 0.3) is 0 Å². The molecule has 4 fully saturated rings. The van der Waals surface area contributed by atoms with Gasteiger partial charge in [-0.2, -0.15) is 0 Å². The summed E-state index contributed by atoms with van der Waals surface area (Å²) >= 11 is 0. The Morgan fingerprint density at radius 3 is 1.07 bits per heavy atom. The average molecular weight is 1110 g/mol. The summed E-state index contributed by atoms with van der Waals surface area (Å²) in [6.45, 7) is 3.76. The first kappa shape index (κ1) is 58.4.